The predicted octanol–water partition coefficient (Wildman–Crippen LogP) is -0.708. The molecule has 2 atom stereocenters. The minimum absolute atomic E-state index is 0.129. The van der Waals surface area contributed by atoms with Crippen molar-refractivity contribution in [3.8, 4) is 0 Å². The molecule has 1 fully saturated rings. The van der Waals surface area contributed by atoms with E-state index in [1.807, 2.05) is 0 Å². The molecule has 0 aromatic rings. The van der Waals surface area contributed by atoms with Gasteiger partial charge in [-0.3, -0.25) is 4.79 Å². The van der Waals surface area contributed by atoms with Crippen LogP contribution in [-0.2, 0) is 19.0 Å². The first-order valence-electron chi connectivity index (χ1n) is 4.26. The van der Waals surface area contributed by atoms with Crippen LogP contribution in [0.2, 0.25) is 0 Å². The molecule has 1 saturated heterocycles. The zero-order valence-electron chi connectivity index (χ0n) is 7.69. The van der Waals surface area contributed by atoms with Gasteiger partial charge in [-0.1, -0.05) is 0 Å². The lowest BCUT2D eigenvalue weighted by Gasteiger charge is -2.13. The average Bonchev–Trinajstić information content (AvgIpc) is 2.57. The standard InChI is InChI=1S/C8H15NO4/c1-11-5-7(9)8(10)13-6-2-3-12-4-6/h6-7H,2-5,9H2,1H3. The Morgan fingerprint density at radius 1 is 1.77 bits per heavy atom. The second-order valence-electron chi connectivity index (χ2n) is 2.98. The lowest BCUT2D eigenvalue weighted by molar-refractivity contribution is -0.151. The van der Waals surface area contributed by atoms with E-state index >= 15 is 0 Å². The Morgan fingerprint density at radius 3 is 3.08 bits per heavy atom. The second-order valence-corrected chi connectivity index (χ2v) is 2.98. The van der Waals surface area contributed by atoms with E-state index in [0.29, 0.717) is 13.2 Å². The summed E-state index contributed by atoms with van der Waals surface area (Å²) in [6, 6.07) is -0.689. The molecule has 1 rings (SSSR count). The van der Waals surface area contributed by atoms with E-state index in [-0.39, 0.29) is 12.7 Å². The Kier molecular flexibility index (Phi) is 4.14. The highest BCUT2D eigenvalue weighted by atomic mass is 16.6. The Balaban J connectivity index is 2.22. The lowest BCUT2D eigenvalue weighted by Crippen LogP contribution is -2.38. The van der Waals surface area contributed by atoms with Crippen LogP contribution in [0.25, 0.3) is 0 Å². The van der Waals surface area contributed by atoms with Crippen LogP contribution < -0.4 is 5.73 Å². The summed E-state index contributed by atoms with van der Waals surface area (Å²) >= 11 is 0. The maximum atomic E-state index is 11.2. The zero-order chi connectivity index (χ0) is 9.68. The van der Waals surface area contributed by atoms with Crippen molar-refractivity contribution in [3.63, 3.8) is 0 Å². The Bertz CT molecular complexity index is 168. The van der Waals surface area contributed by atoms with Gasteiger partial charge in [0.25, 0.3) is 0 Å². The zero-order valence-corrected chi connectivity index (χ0v) is 7.69. The number of rotatable bonds is 4. The van der Waals surface area contributed by atoms with Crippen molar-refractivity contribution in [3.05, 3.63) is 0 Å². The predicted molar refractivity (Wildman–Crippen MR) is 45.2 cm³/mol. The van der Waals surface area contributed by atoms with Crippen LogP contribution in [0.15, 0.2) is 0 Å². The molecule has 0 aromatic carbocycles. The van der Waals surface area contributed by atoms with Crippen LogP contribution in [0.5, 0.6) is 0 Å². The van der Waals surface area contributed by atoms with Crippen LogP contribution in [0.1, 0.15) is 6.42 Å². The molecule has 0 bridgehead atoms. The Morgan fingerprint density at radius 2 is 2.54 bits per heavy atom. The number of nitrogens with two attached hydrogens (primary N) is 1. The molecule has 5 nitrogen and oxygen atoms in total. The summed E-state index contributed by atoms with van der Waals surface area (Å²) in [5.41, 5.74) is 5.47. The molecule has 0 radical (unpaired) electrons. The molecule has 1 heterocycles. The maximum Gasteiger partial charge on any atom is 0.325 e. The van der Waals surface area contributed by atoms with Crippen LogP contribution in [-0.4, -0.2) is 45.0 Å². The van der Waals surface area contributed by atoms with Gasteiger partial charge in [-0.25, -0.2) is 0 Å². The van der Waals surface area contributed by atoms with Crippen LogP contribution in [0.4, 0.5) is 0 Å². The topological polar surface area (TPSA) is 70.8 Å². The van der Waals surface area contributed by atoms with Crippen molar-refractivity contribution in [1.29, 1.82) is 0 Å². The quantitative estimate of drug-likeness (QED) is 0.592. The van der Waals surface area contributed by atoms with Gasteiger partial charge in [0.1, 0.15) is 12.1 Å². The molecular formula is C8H15NO4. The fourth-order valence-corrected chi connectivity index (χ4v) is 1.11. The average molecular weight is 189 g/mol. The van der Waals surface area contributed by atoms with Crippen molar-refractivity contribution >= 4 is 5.97 Å². The molecule has 1 aliphatic rings. The number of methoxy groups -OCH3 is 1. The van der Waals surface area contributed by atoms with Gasteiger partial charge >= 0.3 is 5.97 Å². The number of ether oxygens (including phenoxy) is 3. The van der Waals surface area contributed by atoms with Crippen molar-refractivity contribution in [2.75, 3.05) is 26.9 Å². The summed E-state index contributed by atoms with van der Waals surface area (Å²) < 4.78 is 14.8. The van der Waals surface area contributed by atoms with E-state index in [1.54, 1.807) is 0 Å². The lowest BCUT2D eigenvalue weighted by atomic mass is 10.3. The molecular weight excluding hydrogens is 174 g/mol. The summed E-state index contributed by atoms with van der Waals surface area (Å²) in [6.45, 7) is 1.31. The van der Waals surface area contributed by atoms with E-state index in [2.05, 4.69) is 0 Å². The number of esters is 1. The molecule has 0 amide bonds. The first-order valence-corrected chi connectivity index (χ1v) is 4.26. The van der Waals surface area contributed by atoms with Crippen LogP contribution in [0, 0.1) is 0 Å². The van der Waals surface area contributed by atoms with Gasteiger partial charge in [-0.2, -0.15) is 0 Å². The van der Waals surface area contributed by atoms with Gasteiger partial charge in [-0.15, -0.1) is 0 Å². The Hall–Kier alpha value is -0.650. The minimum Gasteiger partial charge on any atom is -0.459 e. The minimum atomic E-state index is -0.689. The third-order valence-electron chi connectivity index (χ3n) is 1.82. The maximum absolute atomic E-state index is 11.2. The third kappa shape index (κ3) is 3.30. The number of hydrogen-bond donors (Lipinski definition) is 1. The molecule has 76 valence electrons. The van der Waals surface area contributed by atoms with Gasteiger partial charge in [0.15, 0.2) is 0 Å². The van der Waals surface area contributed by atoms with Gasteiger partial charge in [0, 0.05) is 13.5 Å². The van der Waals surface area contributed by atoms with E-state index in [1.165, 1.54) is 7.11 Å². The van der Waals surface area contributed by atoms with Gasteiger partial charge in [-0.05, 0) is 0 Å². The van der Waals surface area contributed by atoms with E-state index in [0.717, 1.165) is 6.42 Å². The summed E-state index contributed by atoms with van der Waals surface area (Å²) in [4.78, 5) is 11.2. The molecule has 2 N–H and O–H groups in total. The third-order valence-corrected chi connectivity index (χ3v) is 1.82. The molecule has 13 heavy (non-hydrogen) atoms. The molecule has 5 heteroatoms. The SMILES string of the molecule is COCC(N)C(=O)OC1CCOC1. The fraction of sp³-hybridized carbons (Fsp3) is 0.875. The monoisotopic (exact) mass is 189 g/mol. The normalized spacial score (nSPS) is 24.3. The summed E-state index contributed by atoms with van der Waals surface area (Å²) in [6.07, 6.45) is 0.626. The Labute approximate surface area is 77.1 Å². The molecule has 1 aliphatic heterocycles. The van der Waals surface area contributed by atoms with Gasteiger partial charge in [0.2, 0.25) is 0 Å². The van der Waals surface area contributed by atoms with E-state index < -0.39 is 12.0 Å². The molecule has 2 unspecified atom stereocenters. The van der Waals surface area contributed by atoms with Crippen molar-refractivity contribution < 1.29 is 19.0 Å². The van der Waals surface area contributed by atoms with E-state index in [9.17, 15) is 4.79 Å². The van der Waals surface area contributed by atoms with Crippen molar-refractivity contribution in [2.24, 2.45) is 5.73 Å². The van der Waals surface area contributed by atoms with Gasteiger partial charge < -0.3 is 19.9 Å². The second kappa shape index (κ2) is 5.16. The van der Waals surface area contributed by atoms with Crippen molar-refractivity contribution in [2.45, 2.75) is 18.6 Å². The number of hydrogen-bond acceptors (Lipinski definition) is 5. The smallest absolute Gasteiger partial charge is 0.325 e. The largest absolute Gasteiger partial charge is 0.459 e. The fourth-order valence-electron chi connectivity index (χ4n) is 1.11. The summed E-state index contributed by atoms with van der Waals surface area (Å²) in [5.74, 6) is -0.419. The molecule has 0 aliphatic carbocycles. The molecule has 0 spiro atoms. The number of carbonyl (C=O) groups excluding carboxylic acids is 1. The highest BCUT2D eigenvalue weighted by Crippen LogP contribution is 2.08. The van der Waals surface area contributed by atoms with Crippen molar-refractivity contribution in [1.82, 2.24) is 0 Å². The van der Waals surface area contributed by atoms with Crippen LogP contribution >= 0.6 is 0 Å². The molecule has 0 saturated carbocycles. The first kappa shape index (κ1) is 10.4. The summed E-state index contributed by atoms with van der Waals surface area (Å²) in [5, 5.41) is 0. The van der Waals surface area contributed by atoms with Crippen LogP contribution in [0.3, 0.4) is 0 Å². The highest BCUT2D eigenvalue weighted by Gasteiger charge is 2.23. The number of carbonyl (C=O) groups is 1. The summed E-state index contributed by atoms with van der Waals surface area (Å²) in [7, 11) is 1.49. The van der Waals surface area contributed by atoms with Gasteiger partial charge in [0.05, 0.1) is 19.8 Å². The first-order chi connectivity index (χ1) is 6.24. The highest BCUT2D eigenvalue weighted by molar-refractivity contribution is 5.75. The molecule has 0 aromatic heterocycles. The van der Waals surface area contributed by atoms with E-state index in [4.69, 9.17) is 19.9 Å².